The van der Waals surface area contributed by atoms with Crippen LogP contribution in [-0.2, 0) is 6.61 Å². The molecule has 0 spiro atoms. The van der Waals surface area contributed by atoms with Gasteiger partial charge in [0.15, 0.2) is 0 Å². The highest BCUT2D eigenvalue weighted by atomic mass is 127. The van der Waals surface area contributed by atoms with Crippen molar-refractivity contribution in [2.45, 2.75) is 6.61 Å². The molecule has 0 saturated heterocycles. The van der Waals surface area contributed by atoms with Crippen LogP contribution in [0.2, 0.25) is 0 Å². The Morgan fingerprint density at radius 3 is 2.73 bits per heavy atom. The van der Waals surface area contributed by atoms with Crippen molar-refractivity contribution in [3.63, 3.8) is 0 Å². The fourth-order valence-electron chi connectivity index (χ4n) is 0.685. The summed E-state index contributed by atoms with van der Waals surface area (Å²) >= 11 is 5.01. The van der Waals surface area contributed by atoms with Gasteiger partial charge in [-0.05, 0) is 56.2 Å². The molecule has 0 unspecified atom stereocenters. The molecule has 0 aliphatic carbocycles. The smallest absolute Gasteiger partial charge is 0.138 e. The average molecular weight is 331 g/mol. The number of halogens is 3. The van der Waals surface area contributed by atoms with Crippen molar-refractivity contribution in [2.75, 3.05) is 0 Å². The van der Waals surface area contributed by atoms with Gasteiger partial charge in [0.2, 0.25) is 0 Å². The molecular formula is C7H5BrFIO. The van der Waals surface area contributed by atoms with Crippen molar-refractivity contribution in [3.05, 3.63) is 31.6 Å². The van der Waals surface area contributed by atoms with Crippen molar-refractivity contribution in [1.82, 2.24) is 0 Å². The van der Waals surface area contributed by atoms with Crippen molar-refractivity contribution >= 4 is 38.5 Å². The second kappa shape index (κ2) is 3.82. The first-order valence-corrected chi connectivity index (χ1v) is 4.76. The molecule has 0 atom stereocenters. The molecule has 0 aliphatic heterocycles. The summed E-state index contributed by atoms with van der Waals surface area (Å²) in [5.41, 5.74) is 0.735. The van der Waals surface area contributed by atoms with E-state index in [0.29, 0.717) is 4.47 Å². The summed E-state index contributed by atoms with van der Waals surface area (Å²) in [5.74, 6) is -0.299. The lowest BCUT2D eigenvalue weighted by atomic mass is 10.2. The molecule has 1 N–H and O–H groups in total. The molecule has 4 heteroatoms. The Hall–Kier alpha value is 0.320. The van der Waals surface area contributed by atoms with Crippen LogP contribution in [0.25, 0.3) is 0 Å². The van der Waals surface area contributed by atoms with Crippen LogP contribution in [0.4, 0.5) is 4.39 Å². The Morgan fingerprint density at radius 2 is 2.18 bits per heavy atom. The lowest BCUT2D eigenvalue weighted by Gasteiger charge is -2.01. The normalized spacial score (nSPS) is 10.2. The number of hydrogen-bond acceptors (Lipinski definition) is 1. The fraction of sp³-hybridized carbons (Fsp3) is 0.143. The second-order valence-electron chi connectivity index (χ2n) is 2.02. The molecule has 0 aromatic heterocycles. The van der Waals surface area contributed by atoms with E-state index in [1.807, 2.05) is 22.6 Å². The zero-order valence-corrected chi connectivity index (χ0v) is 9.19. The van der Waals surface area contributed by atoms with Crippen LogP contribution in [-0.4, -0.2) is 5.11 Å². The second-order valence-corrected chi connectivity index (χ2v) is 4.03. The highest BCUT2D eigenvalue weighted by Gasteiger charge is 2.04. The molecule has 0 fully saturated rings. The maximum absolute atomic E-state index is 12.8. The largest absolute Gasteiger partial charge is 0.392 e. The van der Waals surface area contributed by atoms with Gasteiger partial charge in [-0.1, -0.05) is 0 Å². The number of hydrogen-bond donors (Lipinski definition) is 1. The van der Waals surface area contributed by atoms with Gasteiger partial charge in [-0.2, -0.15) is 0 Å². The standard InChI is InChI=1S/C7H5BrFIO/c8-5-1-4(3-11)7(10)2-6(5)9/h1-2,11H,3H2. The van der Waals surface area contributed by atoms with E-state index < -0.39 is 0 Å². The molecule has 0 heterocycles. The zero-order valence-electron chi connectivity index (χ0n) is 5.44. The van der Waals surface area contributed by atoms with Gasteiger partial charge in [0.1, 0.15) is 5.82 Å². The van der Waals surface area contributed by atoms with Crippen molar-refractivity contribution in [1.29, 1.82) is 0 Å². The summed E-state index contributed by atoms with van der Waals surface area (Å²) in [6.45, 7) is -0.0584. The molecule has 0 amide bonds. The van der Waals surface area contributed by atoms with E-state index in [0.717, 1.165) is 9.13 Å². The summed E-state index contributed by atoms with van der Waals surface area (Å²) in [7, 11) is 0. The fourth-order valence-corrected chi connectivity index (χ4v) is 1.68. The topological polar surface area (TPSA) is 20.2 Å². The van der Waals surface area contributed by atoms with Crippen LogP contribution in [0, 0.1) is 9.39 Å². The minimum atomic E-state index is -0.299. The maximum Gasteiger partial charge on any atom is 0.138 e. The predicted molar refractivity (Wildman–Crippen MR) is 52.7 cm³/mol. The average Bonchev–Trinajstić information content (AvgIpc) is 1.97. The Kier molecular flexibility index (Phi) is 3.27. The molecule has 1 rings (SSSR count). The minimum Gasteiger partial charge on any atom is -0.392 e. The minimum absolute atomic E-state index is 0.0584. The van der Waals surface area contributed by atoms with E-state index in [1.165, 1.54) is 6.07 Å². The molecular weight excluding hydrogens is 326 g/mol. The highest BCUT2D eigenvalue weighted by molar-refractivity contribution is 14.1. The molecule has 1 aromatic rings. The summed E-state index contributed by atoms with van der Waals surface area (Å²) < 4.78 is 13.9. The molecule has 0 radical (unpaired) electrons. The molecule has 60 valence electrons. The molecule has 11 heavy (non-hydrogen) atoms. The van der Waals surface area contributed by atoms with Gasteiger partial charge in [-0.15, -0.1) is 0 Å². The number of aliphatic hydroxyl groups excluding tert-OH is 1. The molecule has 0 aliphatic rings. The van der Waals surface area contributed by atoms with Gasteiger partial charge >= 0.3 is 0 Å². The van der Waals surface area contributed by atoms with Crippen molar-refractivity contribution in [3.8, 4) is 0 Å². The first kappa shape index (κ1) is 9.41. The van der Waals surface area contributed by atoms with Crippen LogP contribution in [0.1, 0.15) is 5.56 Å². The third kappa shape index (κ3) is 2.13. The third-order valence-corrected chi connectivity index (χ3v) is 2.87. The van der Waals surface area contributed by atoms with E-state index in [2.05, 4.69) is 15.9 Å². The highest BCUT2D eigenvalue weighted by Crippen LogP contribution is 2.21. The SMILES string of the molecule is OCc1cc(Br)c(F)cc1I. The summed E-state index contributed by atoms with van der Waals surface area (Å²) in [5, 5.41) is 8.79. The summed E-state index contributed by atoms with van der Waals surface area (Å²) in [6, 6.07) is 2.97. The van der Waals surface area contributed by atoms with Crippen molar-refractivity contribution < 1.29 is 9.50 Å². The zero-order chi connectivity index (χ0) is 8.43. The van der Waals surface area contributed by atoms with Crippen LogP contribution < -0.4 is 0 Å². The quantitative estimate of drug-likeness (QED) is 0.620. The molecule has 0 bridgehead atoms. The van der Waals surface area contributed by atoms with E-state index in [4.69, 9.17) is 5.11 Å². The van der Waals surface area contributed by atoms with Crippen molar-refractivity contribution in [2.24, 2.45) is 0 Å². The van der Waals surface area contributed by atoms with Crippen LogP contribution in [0.3, 0.4) is 0 Å². The lowest BCUT2D eigenvalue weighted by molar-refractivity contribution is 0.280. The van der Waals surface area contributed by atoms with E-state index in [1.54, 1.807) is 6.07 Å². The van der Waals surface area contributed by atoms with Gasteiger partial charge in [-0.25, -0.2) is 4.39 Å². The molecule has 1 aromatic carbocycles. The van der Waals surface area contributed by atoms with Gasteiger partial charge in [0, 0.05) is 3.57 Å². The van der Waals surface area contributed by atoms with Crippen LogP contribution in [0.5, 0.6) is 0 Å². The van der Waals surface area contributed by atoms with Gasteiger partial charge in [-0.3, -0.25) is 0 Å². The molecule has 1 nitrogen and oxygen atoms in total. The van der Waals surface area contributed by atoms with Crippen LogP contribution in [0.15, 0.2) is 16.6 Å². The van der Waals surface area contributed by atoms with E-state index in [-0.39, 0.29) is 12.4 Å². The Balaban J connectivity index is 3.21. The summed E-state index contributed by atoms with van der Waals surface area (Å²) in [4.78, 5) is 0. The van der Waals surface area contributed by atoms with Gasteiger partial charge in [0.25, 0.3) is 0 Å². The summed E-state index contributed by atoms with van der Waals surface area (Å²) in [6.07, 6.45) is 0. The Labute approximate surface area is 85.9 Å². The monoisotopic (exact) mass is 330 g/mol. The number of rotatable bonds is 1. The van der Waals surface area contributed by atoms with Gasteiger partial charge in [0.05, 0.1) is 11.1 Å². The number of aliphatic hydroxyl groups is 1. The Morgan fingerprint density at radius 1 is 1.55 bits per heavy atom. The first-order valence-electron chi connectivity index (χ1n) is 2.89. The lowest BCUT2D eigenvalue weighted by Crippen LogP contribution is -1.90. The van der Waals surface area contributed by atoms with E-state index >= 15 is 0 Å². The third-order valence-electron chi connectivity index (χ3n) is 1.26. The first-order chi connectivity index (χ1) is 5.15. The predicted octanol–water partition coefficient (Wildman–Crippen LogP) is 2.69. The maximum atomic E-state index is 12.8. The van der Waals surface area contributed by atoms with Crippen LogP contribution >= 0.6 is 38.5 Å². The molecule has 0 saturated carbocycles. The van der Waals surface area contributed by atoms with Gasteiger partial charge < -0.3 is 5.11 Å². The Bertz CT molecular complexity index is 277. The van der Waals surface area contributed by atoms with E-state index in [9.17, 15) is 4.39 Å². The number of benzene rings is 1.